The SMILES string of the molecule is COCCc1nc(C(F)(F)F)c(CNC(C)C)s1. The first-order chi connectivity index (χ1) is 8.34. The van der Waals surface area contributed by atoms with E-state index in [-0.39, 0.29) is 17.5 Å². The van der Waals surface area contributed by atoms with Crippen molar-refractivity contribution in [2.75, 3.05) is 13.7 Å². The predicted molar refractivity (Wildman–Crippen MR) is 64.7 cm³/mol. The van der Waals surface area contributed by atoms with Crippen LogP contribution in [0.2, 0.25) is 0 Å². The Hall–Kier alpha value is -0.660. The smallest absolute Gasteiger partial charge is 0.384 e. The van der Waals surface area contributed by atoms with E-state index in [0.29, 0.717) is 18.0 Å². The lowest BCUT2D eigenvalue weighted by Gasteiger charge is -2.09. The minimum atomic E-state index is -4.39. The fourth-order valence-corrected chi connectivity index (χ4v) is 2.36. The zero-order valence-electron chi connectivity index (χ0n) is 10.6. The number of alkyl halides is 3. The van der Waals surface area contributed by atoms with Crippen molar-refractivity contribution in [3.05, 3.63) is 15.6 Å². The maximum Gasteiger partial charge on any atom is 0.434 e. The molecule has 0 aliphatic heterocycles. The first kappa shape index (κ1) is 15.4. The van der Waals surface area contributed by atoms with Crippen molar-refractivity contribution in [2.24, 2.45) is 0 Å². The van der Waals surface area contributed by atoms with Crippen molar-refractivity contribution in [3.8, 4) is 0 Å². The fourth-order valence-electron chi connectivity index (χ4n) is 1.33. The number of methoxy groups -OCH3 is 1. The Bertz CT molecular complexity index is 377. The first-order valence-electron chi connectivity index (χ1n) is 5.62. The molecule has 0 aromatic carbocycles. The average molecular weight is 282 g/mol. The fraction of sp³-hybridized carbons (Fsp3) is 0.727. The molecule has 1 rings (SSSR count). The summed E-state index contributed by atoms with van der Waals surface area (Å²) in [5, 5.41) is 3.45. The number of ether oxygens (including phenoxy) is 1. The van der Waals surface area contributed by atoms with Gasteiger partial charge in [-0.3, -0.25) is 0 Å². The van der Waals surface area contributed by atoms with Crippen LogP contribution in [-0.4, -0.2) is 24.7 Å². The molecule has 1 heterocycles. The highest BCUT2D eigenvalue weighted by atomic mass is 32.1. The first-order valence-corrected chi connectivity index (χ1v) is 6.44. The molecule has 7 heteroatoms. The molecule has 0 radical (unpaired) electrons. The van der Waals surface area contributed by atoms with Crippen molar-refractivity contribution >= 4 is 11.3 Å². The molecule has 0 aliphatic rings. The van der Waals surface area contributed by atoms with Crippen LogP contribution < -0.4 is 5.32 Å². The van der Waals surface area contributed by atoms with E-state index in [1.165, 1.54) is 7.11 Å². The van der Waals surface area contributed by atoms with Gasteiger partial charge in [0.25, 0.3) is 0 Å². The van der Waals surface area contributed by atoms with Gasteiger partial charge in [0.05, 0.1) is 16.5 Å². The standard InChI is InChI=1S/C11H17F3N2OS/c1-7(2)15-6-8-10(11(12,13)14)16-9(18-8)4-5-17-3/h7,15H,4-6H2,1-3H3. The number of nitrogens with zero attached hydrogens (tertiary/aromatic N) is 1. The maximum absolute atomic E-state index is 12.8. The van der Waals surface area contributed by atoms with Crippen LogP contribution in [0.4, 0.5) is 13.2 Å². The van der Waals surface area contributed by atoms with Gasteiger partial charge in [-0.1, -0.05) is 13.8 Å². The molecule has 0 fully saturated rings. The Morgan fingerprint density at radius 2 is 2.06 bits per heavy atom. The van der Waals surface area contributed by atoms with Crippen LogP contribution in [0.15, 0.2) is 0 Å². The molecule has 0 saturated heterocycles. The van der Waals surface area contributed by atoms with Crippen LogP contribution in [0, 0.1) is 0 Å². The lowest BCUT2D eigenvalue weighted by molar-refractivity contribution is -0.141. The largest absolute Gasteiger partial charge is 0.434 e. The summed E-state index contributed by atoms with van der Waals surface area (Å²) in [6.07, 6.45) is -3.98. The van der Waals surface area contributed by atoms with E-state index in [2.05, 4.69) is 10.3 Å². The number of hydrogen-bond acceptors (Lipinski definition) is 4. The van der Waals surface area contributed by atoms with Crippen LogP contribution in [0.25, 0.3) is 0 Å². The van der Waals surface area contributed by atoms with E-state index < -0.39 is 11.9 Å². The summed E-state index contributed by atoms with van der Waals surface area (Å²) in [6, 6.07) is 0.135. The van der Waals surface area contributed by atoms with E-state index in [1.54, 1.807) is 0 Å². The van der Waals surface area contributed by atoms with Gasteiger partial charge in [0.1, 0.15) is 0 Å². The lowest BCUT2D eigenvalue weighted by Crippen LogP contribution is -2.23. The Labute approximate surface area is 108 Å². The number of hydrogen-bond donors (Lipinski definition) is 1. The van der Waals surface area contributed by atoms with Crippen LogP contribution in [0.1, 0.15) is 29.4 Å². The normalized spacial score (nSPS) is 12.4. The maximum atomic E-state index is 12.8. The van der Waals surface area contributed by atoms with Crippen LogP contribution in [0.5, 0.6) is 0 Å². The quantitative estimate of drug-likeness (QED) is 0.871. The summed E-state index contributed by atoms with van der Waals surface area (Å²) < 4.78 is 43.2. The summed E-state index contributed by atoms with van der Waals surface area (Å²) in [7, 11) is 1.51. The summed E-state index contributed by atoms with van der Waals surface area (Å²) in [5.74, 6) is 0. The topological polar surface area (TPSA) is 34.1 Å². The summed E-state index contributed by atoms with van der Waals surface area (Å²) in [4.78, 5) is 3.91. The van der Waals surface area contributed by atoms with Gasteiger partial charge in [-0.15, -0.1) is 11.3 Å². The van der Waals surface area contributed by atoms with E-state index in [0.717, 1.165) is 11.3 Å². The molecule has 0 atom stereocenters. The molecule has 0 bridgehead atoms. The van der Waals surface area contributed by atoms with Gasteiger partial charge in [-0.25, -0.2) is 4.98 Å². The molecule has 0 spiro atoms. The third-order valence-electron chi connectivity index (χ3n) is 2.20. The van der Waals surface area contributed by atoms with Gasteiger partial charge in [0, 0.05) is 26.1 Å². The summed E-state index contributed by atoms with van der Waals surface area (Å²) in [6.45, 7) is 4.35. The number of aromatic nitrogens is 1. The molecule has 104 valence electrons. The molecule has 1 aromatic rings. The number of nitrogens with one attached hydrogen (secondary N) is 1. The van der Waals surface area contributed by atoms with Crippen LogP contribution in [-0.2, 0) is 23.9 Å². The molecule has 0 unspecified atom stereocenters. The second-order valence-electron chi connectivity index (χ2n) is 4.16. The molecule has 1 N–H and O–H groups in total. The zero-order valence-corrected chi connectivity index (χ0v) is 11.4. The van der Waals surface area contributed by atoms with E-state index in [9.17, 15) is 13.2 Å². The number of thiazole rings is 1. The van der Waals surface area contributed by atoms with Gasteiger partial charge >= 0.3 is 6.18 Å². The van der Waals surface area contributed by atoms with Gasteiger partial charge in [-0.2, -0.15) is 13.2 Å². The van der Waals surface area contributed by atoms with E-state index in [1.807, 2.05) is 13.8 Å². The monoisotopic (exact) mass is 282 g/mol. The second kappa shape index (κ2) is 6.49. The number of rotatable bonds is 6. The van der Waals surface area contributed by atoms with Crippen molar-refractivity contribution < 1.29 is 17.9 Å². The average Bonchev–Trinajstić information content (AvgIpc) is 2.66. The summed E-state index contributed by atoms with van der Waals surface area (Å²) in [5.41, 5.74) is -0.772. The lowest BCUT2D eigenvalue weighted by atomic mass is 10.3. The Kier molecular flexibility index (Phi) is 5.55. The van der Waals surface area contributed by atoms with Gasteiger partial charge < -0.3 is 10.1 Å². The molecular weight excluding hydrogens is 265 g/mol. The van der Waals surface area contributed by atoms with E-state index >= 15 is 0 Å². The van der Waals surface area contributed by atoms with Crippen molar-refractivity contribution in [1.29, 1.82) is 0 Å². The van der Waals surface area contributed by atoms with E-state index in [4.69, 9.17) is 4.74 Å². The van der Waals surface area contributed by atoms with Gasteiger partial charge in [0.2, 0.25) is 0 Å². The molecule has 3 nitrogen and oxygen atoms in total. The molecule has 0 aliphatic carbocycles. The van der Waals surface area contributed by atoms with Gasteiger partial charge in [-0.05, 0) is 0 Å². The molecule has 18 heavy (non-hydrogen) atoms. The highest BCUT2D eigenvalue weighted by Gasteiger charge is 2.37. The van der Waals surface area contributed by atoms with Crippen molar-refractivity contribution in [3.63, 3.8) is 0 Å². The van der Waals surface area contributed by atoms with Gasteiger partial charge in [0.15, 0.2) is 5.69 Å². The van der Waals surface area contributed by atoms with Crippen molar-refractivity contribution in [2.45, 2.75) is 39.0 Å². The molecule has 1 aromatic heterocycles. The zero-order chi connectivity index (χ0) is 13.8. The summed E-state index contributed by atoms with van der Waals surface area (Å²) >= 11 is 1.09. The highest BCUT2D eigenvalue weighted by molar-refractivity contribution is 7.11. The molecular formula is C11H17F3N2OS. The Morgan fingerprint density at radius 1 is 1.39 bits per heavy atom. The second-order valence-corrected chi connectivity index (χ2v) is 5.32. The minimum Gasteiger partial charge on any atom is -0.384 e. The third kappa shape index (κ3) is 4.55. The predicted octanol–water partition coefficient (Wildman–Crippen LogP) is 2.85. The Morgan fingerprint density at radius 3 is 2.56 bits per heavy atom. The third-order valence-corrected chi connectivity index (χ3v) is 3.32. The van der Waals surface area contributed by atoms with Crippen LogP contribution >= 0.6 is 11.3 Å². The van der Waals surface area contributed by atoms with Crippen molar-refractivity contribution in [1.82, 2.24) is 10.3 Å². The number of halogens is 3. The highest BCUT2D eigenvalue weighted by Crippen LogP contribution is 2.34. The molecule has 0 amide bonds. The Balaban J connectivity index is 2.87. The molecule has 0 saturated carbocycles. The van der Waals surface area contributed by atoms with Crippen LogP contribution in [0.3, 0.4) is 0 Å². The minimum absolute atomic E-state index is 0.135.